The number of sulfonamides is 1. The standard InChI is InChI=1S/C12H16N2O4S/c1-2-8-14(9-7-12(15)16)10-3-5-11(6-4-10)19(13,17)18/h2-6H,1,7-9H2,(H,15,16)(H2,13,17,18). The number of anilines is 1. The van der Waals surface area contributed by atoms with Crippen LogP contribution in [0.2, 0.25) is 0 Å². The minimum Gasteiger partial charge on any atom is -0.481 e. The Hall–Kier alpha value is -1.86. The van der Waals surface area contributed by atoms with Crippen molar-refractivity contribution >= 4 is 21.7 Å². The highest BCUT2D eigenvalue weighted by atomic mass is 32.2. The molecule has 3 N–H and O–H groups in total. The summed E-state index contributed by atoms with van der Waals surface area (Å²) in [6, 6.07) is 5.96. The highest BCUT2D eigenvalue weighted by molar-refractivity contribution is 7.89. The van der Waals surface area contributed by atoms with E-state index in [1.807, 2.05) is 0 Å². The molecule has 0 aliphatic carbocycles. The Kier molecular flexibility index (Phi) is 5.08. The van der Waals surface area contributed by atoms with Gasteiger partial charge < -0.3 is 10.0 Å². The van der Waals surface area contributed by atoms with Crippen LogP contribution in [0.4, 0.5) is 5.69 Å². The molecule has 0 unspecified atom stereocenters. The van der Waals surface area contributed by atoms with Crippen LogP contribution in [0.3, 0.4) is 0 Å². The minimum atomic E-state index is -3.72. The molecule has 1 rings (SSSR count). The van der Waals surface area contributed by atoms with Gasteiger partial charge in [-0.1, -0.05) is 6.08 Å². The zero-order valence-corrected chi connectivity index (χ0v) is 11.1. The molecular formula is C12H16N2O4S. The number of carbonyl (C=O) groups is 1. The number of nitrogens with zero attached hydrogens (tertiary/aromatic N) is 1. The lowest BCUT2D eigenvalue weighted by molar-refractivity contribution is -0.136. The third-order valence-corrected chi connectivity index (χ3v) is 3.40. The Morgan fingerprint density at radius 3 is 2.37 bits per heavy atom. The maximum absolute atomic E-state index is 11.1. The van der Waals surface area contributed by atoms with Crippen molar-refractivity contribution in [1.29, 1.82) is 0 Å². The Labute approximate surface area is 112 Å². The van der Waals surface area contributed by atoms with Gasteiger partial charge in [-0.25, -0.2) is 13.6 Å². The molecule has 0 bridgehead atoms. The van der Waals surface area contributed by atoms with E-state index in [1.165, 1.54) is 12.1 Å². The zero-order chi connectivity index (χ0) is 14.5. The number of hydrogen-bond acceptors (Lipinski definition) is 4. The predicted molar refractivity (Wildman–Crippen MR) is 72.5 cm³/mol. The molecule has 0 saturated carbocycles. The van der Waals surface area contributed by atoms with Crippen molar-refractivity contribution in [2.24, 2.45) is 5.14 Å². The molecule has 0 atom stereocenters. The molecular weight excluding hydrogens is 268 g/mol. The number of rotatable bonds is 7. The summed E-state index contributed by atoms with van der Waals surface area (Å²) in [5.41, 5.74) is 0.716. The van der Waals surface area contributed by atoms with E-state index in [4.69, 9.17) is 10.2 Å². The Balaban J connectivity index is 2.91. The van der Waals surface area contributed by atoms with E-state index in [2.05, 4.69) is 6.58 Å². The molecule has 0 saturated heterocycles. The van der Waals surface area contributed by atoms with Gasteiger partial charge in [0.2, 0.25) is 10.0 Å². The average molecular weight is 284 g/mol. The number of aliphatic carboxylic acids is 1. The van der Waals surface area contributed by atoms with Gasteiger partial charge in [-0.05, 0) is 24.3 Å². The second-order valence-electron chi connectivity index (χ2n) is 3.92. The zero-order valence-electron chi connectivity index (χ0n) is 10.3. The van der Waals surface area contributed by atoms with E-state index in [0.29, 0.717) is 18.8 Å². The smallest absolute Gasteiger partial charge is 0.305 e. The second kappa shape index (κ2) is 6.35. The summed E-state index contributed by atoms with van der Waals surface area (Å²) in [5.74, 6) is -0.893. The van der Waals surface area contributed by atoms with Gasteiger partial charge in [-0.3, -0.25) is 4.79 Å². The summed E-state index contributed by atoms with van der Waals surface area (Å²) in [7, 11) is -3.72. The van der Waals surface area contributed by atoms with Gasteiger partial charge in [-0.15, -0.1) is 6.58 Å². The van der Waals surface area contributed by atoms with E-state index >= 15 is 0 Å². The number of nitrogens with two attached hydrogens (primary N) is 1. The normalized spacial score (nSPS) is 11.0. The maximum atomic E-state index is 11.1. The van der Waals surface area contributed by atoms with Gasteiger partial charge in [-0.2, -0.15) is 0 Å². The fraction of sp³-hybridized carbons (Fsp3) is 0.250. The molecule has 6 nitrogen and oxygen atoms in total. The molecule has 1 aromatic rings. The molecule has 7 heteroatoms. The Bertz CT molecular complexity index is 552. The molecule has 104 valence electrons. The van der Waals surface area contributed by atoms with Gasteiger partial charge in [0.1, 0.15) is 0 Å². The molecule has 0 spiro atoms. The first-order chi connectivity index (χ1) is 8.84. The summed E-state index contributed by atoms with van der Waals surface area (Å²) in [6.07, 6.45) is 1.64. The molecule has 1 aromatic carbocycles. The van der Waals surface area contributed by atoms with Gasteiger partial charge in [0, 0.05) is 18.8 Å². The van der Waals surface area contributed by atoms with Gasteiger partial charge >= 0.3 is 5.97 Å². The fourth-order valence-corrected chi connectivity index (χ4v) is 2.07. The van der Waals surface area contributed by atoms with Gasteiger partial charge in [0.25, 0.3) is 0 Å². The highest BCUT2D eigenvalue weighted by Crippen LogP contribution is 2.17. The molecule has 0 radical (unpaired) electrons. The molecule has 0 aromatic heterocycles. The third kappa shape index (κ3) is 4.72. The Morgan fingerprint density at radius 1 is 1.37 bits per heavy atom. The number of hydrogen-bond donors (Lipinski definition) is 2. The van der Waals surface area contributed by atoms with Crippen LogP contribution in [-0.4, -0.2) is 32.6 Å². The van der Waals surface area contributed by atoms with Crippen LogP contribution in [0, 0.1) is 0 Å². The second-order valence-corrected chi connectivity index (χ2v) is 5.48. The summed E-state index contributed by atoms with van der Waals surface area (Å²) in [5, 5.41) is 13.7. The fourth-order valence-electron chi connectivity index (χ4n) is 1.56. The largest absolute Gasteiger partial charge is 0.481 e. The summed E-state index contributed by atoms with van der Waals surface area (Å²) in [4.78, 5) is 12.4. The highest BCUT2D eigenvalue weighted by Gasteiger charge is 2.10. The van der Waals surface area contributed by atoms with Gasteiger partial charge in [0.05, 0.1) is 11.3 Å². The van der Waals surface area contributed by atoms with E-state index in [9.17, 15) is 13.2 Å². The van der Waals surface area contributed by atoms with E-state index in [0.717, 1.165) is 0 Å². The minimum absolute atomic E-state index is 0.00915. The molecule has 0 aliphatic heterocycles. The van der Waals surface area contributed by atoms with Crippen LogP contribution in [-0.2, 0) is 14.8 Å². The first-order valence-corrected chi connectivity index (χ1v) is 7.09. The Morgan fingerprint density at radius 2 is 1.95 bits per heavy atom. The van der Waals surface area contributed by atoms with Crippen molar-refractivity contribution in [3.63, 3.8) is 0 Å². The molecule has 0 aliphatic rings. The van der Waals surface area contributed by atoms with Crippen molar-refractivity contribution in [3.05, 3.63) is 36.9 Å². The van der Waals surface area contributed by atoms with Crippen LogP contribution in [0.15, 0.2) is 41.8 Å². The van der Waals surface area contributed by atoms with Crippen molar-refractivity contribution in [2.75, 3.05) is 18.0 Å². The lowest BCUT2D eigenvalue weighted by Gasteiger charge is -2.22. The lowest BCUT2D eigenvalue weighted by atomic mass is 10.2. The van der Waals surface area contributed by atoms with Gasteiger partial charge in [0.15, 0.2) is 0 Å². The summed E-state index contributed by atoms with van der Waals surface area (Å²) in [6.45, 7) is 4.39. The van der Waals surface area contributed by atoms with Crippen molar-refractivity contribution < 1.29 is 18.3 Å². The van der Waals surface area contributed by atoms with E-state index in [1.54, 1.807) is 23.1 Å². The summed E-state index contributed by atoms with van der Waals surface area (Å²) < 4.78 is 22.3. The van der Waals surface area contributed by atoms with E-state index < -0.39 is 16.0 Å². The average Bonchev–Trinajstić information content (AvgIpc) is 2.33. The van der Waals surface area contributed by atoms with Crippen LogP contribution >= 0.6 is 0 Å². The van der Waals surface area contributed by atoms with Crippen LogP contribution in [0.1, 0.15) is 6.42 Å². The monoisotopic (exact) mass is 284 g/mol. The molecule has 19 heavy (non-hydrogen) atoms. The van der Waals surface area contributed by atoms with Crippen molar-refractivity contribution in [2.45, 2.75) is 11.3 Å². The molecule has 0 heterocycles. The number of carboxylic acid groups (broad SMARTS) is 1. The number of carboxylic acids is 1. The van der Waals surface area contributed by atoms with Crippen LogP contribution < -0.4 is 10.0 Å². The van der Waals surface area contributed by atoms with E-state index in [-0.39, 0.29) is 11.3 Å². The molecule has 0 amide bonds. The lowest BCUT2D eigenvalue weighted by Crippen LogP contribution is -2.26. The van der Waals surface area contributed by atoms with Crippen molar-refractivity contribution in [1.82, 2.24) is 0 Å². The topological polar surface area (TPSA) is 101 Å². The molecule has 0 fully saturated rings. The number of primary sulfonamides is 1. The van der Waals surface area contributed by atoms with Crippen LogP contribution in [0.5, 0.6) is 0 Å². The third-order valence-electron chi connectivity index (χ3n) is 2.48. The quantitative estimate of drug-likeness (QED) is 0.721. The number of benzene rings is 1. The van der Waals surface area contributed by atoms with Crippen molar-refractivity contribution in [3.8, 4) is 0 Å². The summed E-state index contributed by atoms with van der Waals surface area (Å²) >= 11 is 0. The first kappa shape index (κ1) is 15.2. The SMILES string of the molecule is C=CCN(CCC(=O)O)c1ccc(S(N)(=O)=O)cc1. The van der Waals surface area contributed by atoms with Crippen LogP contribution in [0.25, 0.3) is 0 Å². The predicted octanol–water partition coefficient (Wildman–Crippen LogP) is 0.801. The first-order valence-electron chi connectivity index (χ1n) is 5.55. The maximum Gasteiger partial charge on any atom is 0.305 e.